The van der Waals surface area contributed by atoms with E-state index in [4.69, 9.17) is 11.6 Å². The van der Waals surface area contributed by atoms with E-state index >= 15 is 0 Å². The highest BCUT2D eigenvalue weighted by Crippen LogP contribution is 1.92. The first-order valence-corrected chi connectivity index (χ1v) is 2.02. The zero-order valence-corrected chi connectivity index (χ0v) is 4.00. The van der Waals surface area contributed by atoms with Gasteiger partial charge in [-0.15, -0.1) is 11.6 Å². The van der Waals surface area contributed by atoms with E-state index in [0.717, 1.165) is 0 Å². The summed E-state index contributed by atoms with van der Waals surface area (Å²) in [7, 11) is 0. The minimum atomic E-state index is 0.177. The minimum absolute atomic E-state index is 0.177. The fraction of sp³-hybridized carbons (Fsp3) is 0.250. The van der Waals surface area contributed by atoms with Crippen LogP contribution in [0, 0.1) is 6.92 Å². The van der Waals surface area contributed by atoms with Gasteiger partial charge in [-0.1, -0.05) is 0 Å². The minimum Gasteiger partial charge on any atom is -0.216 e. The standard InChI is InChI=1S/C4H5ClF/c1-4(2-5)3-6/h3H,1-2H2. The summed E-state index contributed by atoms with van der Waals surface area (Å²) in [6, 6.07) is 0. The molecular weight excluding hydrogens is 102 g/mol. The smallest absolute Gasteiger partial charge is 0.0871 e. The van der Waals surface area contributed by atoms with Crippen molar-refractivity contribution in [3.8, 4) is 0 Å². The number of allylic oxidation sites excluding steroid dienone is 1. The molecule has 0 fully saturated rings. The predicted octanol–water partition coefficient (Wildman–Crippen LogP) is 1.91. The van der Waals surface area contributed by atoms with E-state index in [1.54, 1.807) is 0 Å². The van der Waals surface area contributed by atoms with Crippen LogP contribution >= 0.6 is 11.6 Å². The van der Waals surface area contributed by atoms with Gasteiger partial charge in [0.15, 0.2) is 0 Å². The van der Waals surface area contributed by atoms with E-state index in [1.807, 2.05) is 0 Å². The zero-order valence-electron chi connectivity index (χ0n) is 3.25. The molecule has 0 spiro atoms. The van der Waals surface area contributed by atoms with Crippen molar-refractivity contribution < 1.29 is 4.39 Å². The van der Waals surface area contributed by atoms with E-state index in [-0.39, 0.29) is 5.88 Å². The first-order chi connectivity index (χ1) is 2.81. The number of alkyl halides is 1. The highest BCUT2D eigenvalue weighted by atomic mass is 35.5. The quantitative estimate of drug-likeness (QED) is 0.449. The van der Waals surface area contributed by atoms with E-state index in [1.165, 1.54) is 0 Å². The maximum Gasteiger partial charge on any atom is 0.0871 e. The molecule has 0 heterocycles. The van der Waals surface area contributed by atoms with Gasteiger partial charge in [-0.2, -0.15) is 0 Å². The molecular formula is C4H5ClF. The Morgan fingerprint density at radius 3 is 2.50 bits per heavy atom. The molecule has 0 aliphatic rings. The van der Waals surface area contributed by atoms with E-state index < -0.39 is 0 Å². The number of halogens is 2. The monoisotopic (exact) mass is 107 g/mol. The van der Waals surface area contributed by atoms with Crippen LogP contribution in [0.15, 0.2) is 11.9 Å². The zero-order chi connectivity index (χ0) is 4.99. The first-order valence-electron chi connectivity index (χ1n) is 1.48. The predicted molar refractivity (Wildman–Crippen MR) is 25.3 cm³/mol. The molecule has 0 saturated heterocycles. The third-order valence-electron chi connectivity index (χ3n) is 0.326. The Hall–Kier alpha value is -0.0400. The summed E-state index contributed by atoms with van der Waals surface area (Å²) in [6.45, 7) is 3.23. The van der Waals surface area contributed by atoms with E-state index in [2.05, 4.69) is 6.92 Å². The van der Waals surface area contributed by atoms with Crippen LogP contribution in [0.4, 0.5) is 4.39 Å². The topological polar surface area (TPSA) is 0 Å². The molecule has 0 atom stereocenters. The third kappa shape index (κ3) is 2.21. The largest absolute Gasteiger partial charge is 0.216 e. The molecule has 0 N–H and O–H groups in total. The van der Waals surface area contributed by atoms with Gasteiger partial charge < -0.3 is 0 Å². The van der Waals surface area contributed by atoms with E-state index in [0.29, 0.717) is 11.9 Å². The Balaban J connectivity index is 3.22. The van der Waals surface area contributed by atoms with Gasteiger partial charge >= 0.3 is 0 Å². The summed E-state index contributed by atoms with van der Waals surface area (Å²) in [5, 5.41) is 0. The summed E-state index contributed by atoms with van der Waals surface area (Å²) in [5.41, 5.74) is 0.316. The molecule has 6 heavy (non-hydrogen) atoms. The highest BCUT2D eigenvalue weighted by Gasteiger charge is 1.78. The van der Waals surface area contributed by atoms with E-state index in [9.17, 15) is 4.39 Å². The second-order valence-electron chi connectivity index (χ2n) is 0.901. The fourth-order valence-electron chi connectivity index (χ4n) is 0.0292. The Morgan fingerprint density at radius 1 is 2.00 bits per heavy atom. The van der Waals surface area contributed by atoms with Crippen molar-refractivity contribution in [3.63, 3.8) is 0 Å². The van der Waals surface area contributed by atoms with Crippen LogP contribution < -0.4 is 0 Å². The van der Waals surface area contributed by atoms with Crippen LogP contribution in [0.25, 0.3) is 0 Å². The number of hydrogen-bond donors (Lipinski definition) is 0. The van der Waals surface area contributed by atoms with Gasteiger partial charge in [0, 0.05) is 5.88 Å². The summed E-state index contributed by atoms with van der Waals surface area (Å²) in [4.78, 5) is 0. The maximum atomic E-state index is 11.1. The first kappa shape index (κ1) is 5.96. The second-order valence-corrected chi connectivity index (χ2v) is 1.17. The van der Waals surface area contributed by atoms with Gasteiger partial charge in [-0.3, -0.25) is 0 Å². The SMILES string of the molecule is [CH2]C(=CF)CCl. The van der Waals surface area contributed by atoms with Crippen LogP contribution in [0.5, 0.6) is 0 Å². The van der Waals surface area contributed by atoms with Gasteiger partial charge in [0.25, 0.3) is 0 Å². The fourth-order valence-corrected chi connectivity index (χ4v) is 0.0875. The molecule has 2 heteroatoms. The van der Waals surface area contributed by atoms with Crippen molar-refractivity contribution in [3.05, 3.63) is 18.8 Å². The van der Waals surface area contributed by atoms with Crippen molar-refractivity contribution in [1.29, 1.82) is 0 Å². The molecule has 0 unspecified atom stereocenters. The lowest BCUT2D eigenvalue weighted by Crippen LogP contribution is -1.70. The van der Waals surface area contributed by atoms with Crippen LogP contribution in [-0.2, 0) is 0 Å². The normalized spacial score (nSPS) is 12.2. The Morgan fingerprint density at radius 2 is 2.50 bits per heavy atom. The Bertz CT molecular complexity index is 58.6. The molecule has 0 aromatic rings. The lowest BCUT2D eigenvalue weighted by Gasteiger charge is -1.79. The van der Waals surface area contributed by atoms with Crippen LogP contribution in [0.3, 0.4) is 0 Å². The molecule has 0 rings (SSSR count). The average molecular weight is 108 g/mol. The lowest BCUT2D eigenvalue weighted by molar-refractivity contribution is 0.713. The van der Waals surface area contributed by atoms with Crippen LogP contribution in [0.2, 0.25) is 0 Å². The molecule has 0 bridgehead atoms. The molecule has 0 saturated carbocycles. The van der Waals surface area contributed by atoms with Gasteiger partial charge in [0.2, 0.25) is 0 Å². The van der Waals surface area contributed by atoms with Crippen molar-refractivity contribution in [2.75, 3.05) is 5.88 Å². The Kier molecular flexibility index (Phi) is 3.14. The maximum absolute atomic E-state index is 11.1. The molecule has 0 aliphatic carbocycles. The van der Waals surface area contributed by atoms with Crippen molar-refractivity contribution in [1.82, 2.24) is 0 Å². The molecule has 0 aliphatic heterocycles. The molecule has 0 nitrogen and oxygen atoms in total. The lowest BCUT2D eigenvalue weighted by atomic mass is 10.4. The molecule has 35 valence electrons. The molecule has 0 aromatic carbocycles. The van der Waals surface area contributed by atoms with Gasteiger partial charge in [0.1, 0.15) is 0 Å². The summed E-state index contributed by atoms with van der Waals surface area (Å²) >= 11 is 5.08. The van der Waals surface area contributed by atoms with Gasteiger partial charge in [0.05, 0.1) is 6.33 Å². The summed E-state index contributed by atoms with van der Waals surface area (Å²) in [6.07, 6.45) is 0.396. The highest BCUT2D eigenvalue weighted by molar-refractivity contribution is 6.19. The summed E-state index contributed by atoms with van der Waals surface area (Å²) < 4.78 is 11.1. The molecule has 1 radical (unpaired) electrons. The second kappa shape index (κ2) is 3.16. The van der Waals surface area contributed by atoms with Crippen LogP contribution in [0.1, 0.15) is 0 Å². The third-order valence-corrected chi connectivity index (χ3v) is 0.669. The van der Waals surface area contributed by atoms with Gasteiger partial charge in [-0.25, -0.2) is 4.39 Å². The van der Waals surface area contributed by atoms with Gasteiger partial charge in [-0.05, 0) is 12.5 Å². The van der Waals surface area contributed by atoms with Crippen molar-refractivity contribution in [2.45, 2.75) is 0 Å². The summed E-state index contributed by atoms with van der Waals surface area (Å²) in [5.74, 6) is 0.177. The van der Waals surface area contributed by atoms with Crippen LogP contribution in [-0.4, -0.2) is 5.88 Å². The molecule has 0 amide bonds. The average Bonchev–Trinajstić information content (AvgIpc) is 1.65. The Labute approximate surface area is 41.6 Å². The number of hydrogen-bond acceptors (Lipinski definition) is 0. The molecule has 0 aromatic heterocycles. The van der Waals surface area contributed by atoms with Crippen molar-refractivity contribution >= 4 is 11.6 Å². The number of rotatable bonds is 1. The van der Waals surface area contributed by atoms with Crippen molar-refractivity contribution in [2.24, 2.45) is 0 Å².